The molecular weight excluding hydrogens is 234 g/mol. The van der Waals surface area contributed by atoms with Gasteiger partial charge in [-0.15, -0.1) is 0 Å². The average molecular weight is 249 g/mol. The summed E-state index contributed by atoms with van der Waals surface area (Å²) in [6, 6.07) is 18.1. The van der Waals surface area contributed by atoms with Crippen molar-refractivity contribution in [3.05, 3.63) is 77.1 Å². The fraction of sp³-hybridized carbons (Fsp3) is 0.235. The van der Waals surface area contributed by atoms with E-state index in [1.54, 1.807) is 0 Å². The van der Waals surface area contributed by atoms with Crippen LogP contribution >= 0.6 is 0 Å². The summed E-state index contributed by atoms with van der Waals surface area (Å²) in [6.45, 7) is 7.82. The van der Waals surface area contributed by atoms with Gasteiger partial charge in [-0.3, -0.25) is 0 Å². The Morgan fingerprint density at radius 3 is 2.26 bits per heavy atom. The molecule has 94 valence electrons. The van der Waals surface area contributed by atoms with Gasteiger partial charge in [-0.1, -0.05) is 30.3 Å². The predicted octanol–water partition coefficient (Wildman–Crippen LogP) is 4.17. The first-order valence-electron chi connectivity index (χ1n) is 6.48. The smallest absolute Gasteiger partial charge is 0.258 e. The zero-order valence-electron chi connectivity index (χ0n) is 10.7. The van der Waals surface area contributed by atoms with Crippen LogP contribution in [0.4, 0.5) is 0 Å². The fourth-order valence-electron chi connectivity index (χ4n) is 2.19. The van der Waals surface area contributed by atoms with Crippen LogP contribution in [0, 0.1) is 6.57 Å². The summed E-state index contributed by atoms with van der Waals surface area (Å²) < 4.78 is 5.74. The van der Waals surface area contributed by atoms with Crippen molar-refractivity contribution >= 4 is 0 Å². The van der Waals surface area contributed by atoms with E-state index in [9.17, 15) is 0 Å². The third-order valence-electron chi connectivity index (χ3n) is 3.58. The number of hydrogen-bond donors (Lipinski definition) is 0. The Bertz CT molecular complexity index is 591. The van der Waals surface area contributed by atoms with Gasteiger partial charge in [0.05, 0.1) is 0 Å². The molecule has 1 saturated carbocycles. The number of benzene rings is 2. The van der Waals surface area contributed by atoms with E-state index in [4.69, 9.17) is 11.3 Å². The largest absolute Gasteiger partial charge is 0.489 e. The van der Waals surface area contributed by atoms with Gasteiger partial charge in [0.1, 0.15) is 12.4 Å². The first-order chi connectivity index (χ1) is 9.32. The normalized spacial score (nSPS) is 15.5. The Labute approximate surface area is 113 Å². The molecular formula is C17H15NO. The summed E-state index contributed by atoms with van der Waals surface area (Å²) in [7, 11) is 0. The highest BCUT2D eigenvalue weighted by molar-refractivity contribution is 5.38. The maximum atomic E-state index is 7.25. The molecule has 1 aliphatic rings. The number of ether oxygens (including phenoxy) is 1. The Hall–Kier alpha value is -2.27. The summed E-state index contributed by atoms with van der Waals surface area (Å²) in [6.07, 6.45) is 1.97. The van der Waals surface area contributed by atoms with Gasteiger partial charge in [-0.25, -0.2) is 6.57 Å². The van der Waals surface area contributed by atoms with Crippen LogP contribution in [0.1, 0.15) is 24.0 Å². The molecule has 0 spiro atoms. The van der Waals surface area contributed by atoms with Crippen molar-refractivity contribution in [2.75, 3.05) is 0 Å². The molecule has 2 nitrogen and oxygen atoms in total. The predicted molar refractivity (Wildman–Crippen MR) is 74.7 cm³/mol. The molecule has 0 aliphatic heterocycles. The molecule has 0 radical (unpaired) electrons. The van der Waals surface area contributed by atoms with E-state index >= 15 is 0 Å². The molecule has 0 unspecified atom stereocenters. The minimum atomic E-state index is -0.224. The van der Waals surface area contributed by atoms with Crippen molar-refractivity contribution in [1.82, 2.24) is 0 Å². The van der Waals surface area contributed by atoms with E-state index in [0.29, 0.717) is 6.61 Å². The SMILES string of the molecule is [C-]#[N+]C1(c2ccc(OCc3ccccc3)cc2)CC1. The highest BCUT2D eigenvalue weighted by Crippen LogP contribution is 2.49. The summed E-state index contributed by atoms with van der Waals surface area (Å²) >= 11 is 0. The average Bonchev–Trinajstić information content (AvgIpc) is 3.28. The van der Waals surface area contributed by atoms with E-state index in [0.717, 1.165) is 29.7 Å². The fourth-order valence-corrected chi connectivity index (χ4v) is 2.19. The van der Waals surface area contributed by atoms with Gasteiger partial charge in [0.25, 0.3) is 5.54 Å². The van der Waals surface area contributed by atoms with Crippen molar-refractivity contribution < 1.29 is 4.74 Å². The molecule has 0 amide bonds. The lowest BCUT2D eigenvalue weighted by Crippen LogP contribution is -2.00. The van der Waals surface area contributed by atoms with Crippen LogP contribution in [-0.4, -0.2) is 0 Å². The van der Waals surface area contributed by atoms with Crippen molar-refractivity contribution in [1.29, 1.82) is 0 Å². The van der Waals surface area contributed by atoms with Gasteiger partial charge in [0.2, 0.25) is 0 Å². The Kier molecular flexibility index (Phi) is 2.97. The first kappa shape index (κ1) is 11.8. The van der Waals surface area contributed by atoms with Crippen molar-refractivity contribution in [2.24, 2.45) is 0 Å². The van der Waals surface area contributed by atoms with Crippen LogP contribution < -0.4 is 4.74 Å². The van der Waals surface area contributed by atoms with E-state index in [-0.39, 0.29) is 5.54 Å². The van der Waals surface area contributed by atoms with E-state index in [1.807, 2.05) is 54.6 Å². The summed E-state index contributed by atoms with van der Waals surface area (Å²) in [5.74, 6) is 0.855. The van der Waals surface area contributed by atoms with Crippen LogP contribution in [0.2, 0.25) is 0 Å². The third kappa shape index (κ3) is 2.46. The van der Waals surface area contributed by atoms with Gasteiger partial charge in [0.15, 0.2) is 0 Å². The monoisotopic (exact) mass is 249 g/mol. The molecule has 1 fully saturated rings. The van der Waals surface area contributed by atoms with E-state index in [2.05, 4.69) is 4.85 Å². The molecule has 19 heavy (non-hydrogen) atoms. The molecule has 0 aromatic heterocycles. The molecule has 0 saturated heterocycles. The van der Waals surface area contributed by atoms with Gasteiger partial charge in [0, 0.05) is 18.4 Å². The lowest BCUT2D eigenvalue weighted by Gasteiger charge is -2.08. The Balaban J connectivity index is 1.66. The standard InChI is InChI=1S/C17H15NO/c1-18-17(11-12-17)15-7-9-16(10-8-15)19-13-14-5-3-2-4-6-14/h2-10H,11-13H2. The molecule has 0 heterocycles. The van der Waals surface area contributed by atoms with Gasteiger partial charge < -0.3 is 9.58 Å². The molecule has 3 rings (SSSR count). The molecule has 0 N–H and O–H groups in total. The molecule has 2 aromatic carbocycles. The highest BCUT2D eigenvalue weighted by Gasteiger charge is 2.52. The highest BCUT2D eigenvalue weighted by atomic mass is 16.5. The lowest BCUT2D eigenvalue weighted by molar-refractivity contribution is 0.306. The zero-order valence-corrected chi connectivity index (χ0v) is 10.7. The van der Waals surface area contributed by atoms with Crippen molar-refractivity contribution in [3.63, 3.8) is 0 Å². The molecule has 2 aromatic rings. The van der Waals surface area contributed by atoms with Gasteiger partial charge >= 0.3 is 0 Å². The van der Waals surface area contributed by atoms with Crippen LogP contribution in [0.15, 0.2) is 54.6 Å². The topological polar surface area (TPSA) is 13.6 Å². The minimum Gasteiger partial charge on any atom is -0.489 e. The lowest BCUT2D eigenvalue weighted by atomic mass is 10.1. The van der Waals surface area contributed by atoms with Crippen LogP contribution in [0.25, 0.3) is 4.85 Å². The Morgan fingerprint density at radius 1 is 1.00 bits per heavy atom. The molecule has 0 bridgehead atoms. The second kappa shape index (κ2) is 4.78. The van der Waals surface area contributed by atoms with E-state index < -0.39 is 0 Å². The number of rotatable bonds is 4. The third-order valence-corrected chi connectivity index (χ3v) is 3.58. The van der Waals surface area contributed by atoms with Gasteiger partial charge in [-0.05, 0) is 29.8 Å². The summed E-state index contributed by atoms with van der Waals surface area (Å²) in [5, 5.41) is 0. The van der Waals surface area contributed by atoms with Gasteiger partial charge in [-0.2, -0.15) is 0 Å². The summed E-state index contributed by atoms with van der Waals surface area (Å²) in [4.78, 5) is 3.73. The van der Waals surface area contributed by atoms with E-state index in [1.165, 1.54) is 0 Å². The van der Waals surface area contributed by atoms with Crippen molar-refractivity contribution in [2.45, 2.75) is 25.0 Å². The van der Waals surface area contributed by atoms with Crippen LogP contribution in [-0.2, 0) is 12.1 Å². The second-order valence-electron chi connectivity index (χ2n) is 4.94. The van der Waals surface area contributed by atoms with Crippen molar-refractivity contribution in [3.8, 4) is 5.75 Å². The molecule has 2 heteroatoms. The molecule has 1 aliphatic carbocycles. The maximum Gasteiger partial charge on any atom is 0.258 e. The van der Waals surface area contributed by atoms with Crippen LogP contribution in [0.3, 0.4) is 0 Å². The van der Waals surface area contributed by atoms with Crippen LogP contribution in [0.5, 0.6) is 5.75 Å². The molecule has 0 atom stereocenters. The summed E-state index contributed by atoms with van der Waals surface area (Å²) in [5.41, 5.74) is 2.05. The zero-order chi connectivity index (χ0) is 13.1. The Morgan fingerprint density at radius 2 is 1.68 bits per heavy atom. The second-order valence-corrected chi connectivity index (χ2v) is 4.94. The minimum absolute atomic E-state index is 0.224. The number of hydrogen-bond acceptors (Lipinski definition) is 1. The maximum absolute atomic E-state index is 7.25. The number of nitrogens with zero attached hydrogens (tertiary/aromatic N) is 1. The first-order valence-corrected chi connectivity index (χ1v) is 6.48. The quantitative estimate of drug-likeness (QED) is 0.741.